The highest BCUT2D eigenvalue weighted by Crippen LogP contribution is 2.46. The first-order chi connectivity index (χ1) is 12.1. The van der Waals surface area contributed by atoms with Crippen LogP contribution >= 0.6 is 24.0 Å². The fourth-order valence-electron chi connectivity index (χ4n) is 3.93. The maximum atomic E-state index is 5.93. The summed E-state index contributed by atoms with van der Waals surface area (Å²) in [5.74, 6) is 1.72. The Morgan fingerprint density at radius 2 is 1.96 bits per heavy atom. The van der Waals surface area contributed by atoms with Crippen LogP contribution in [0.3, 0.4) is 0 Å². The van der Waals surface area contributed by atoms with E-state index in [0.717, 1.165) is 70.6 Å². The minimum atomic E-state index is 0. The second kappa shape index (κ2) is 13.2. The van der Waals surface area contributed by atoms with E-state index in [1.54, 1.807) is 0 Å². The average molecular weight is 481 g/mol. The molecule has 5 nitrogen and oxygen atoms in total. The zero-order chi connectivity index (χ0) is 18.0. The smallest absolute Gasteiger partial charge is 0.191 e. The van der Waals surface area contributed by atoms with Crippen LogP contribution in [-0.2, 0) is 9.47 Å². The Bertz CT molecular complexity index is 395. The number of guanidine groups is 1. The van der Waals surface area contributed by atoms with Crippen LogP contribution < -0.4 is 10.6 Å². The number of hydrogen-bond donors (Lipinski definition) is 2. The number of rotatable bonds is 10. The molecule has 2 aliphatic rings. The molecule has 0 unspecified atom stereocenters. The van der Waals surface area contributed by atoms with Crippen molar-refractivity contribution in [1.82, 2.24) is 10.6 Å². The zero-order valence-electron chi connectivity index (χ0n) is 17.0. The third-order valence-electron chi connectivity index (χ3n) is 5.31. The maximum Gasteiger partial charge on any atom is 0.191 e. The van der Waals surface area contributed by atoms with Crippen LogP contribution in [-0.4, -0.2) is 51.5 Å². The quantitative estimate of drug-likeness (QED) is 0.215. The molecule has 0 atom stereocenters. The van der Waals surface area contributed by atoms with Crippen molar-refractivity contribution in [3.05, 3.63) is 0 Å². The van der Waals surface area contributed by atoms with Crippen molar-refractivity contribution in [2.45, 2.75) is 71.8 Å². The van der Waals surface area contributed by atoms with Gasteiger partial charge in [0.05, 0.1) is 6.10 Å². The monoisotopic (exact) mass is 481 g/mol. The highest BCUT2D eigenvalue weighted by molar-refractivity contribution is 14.0. The molecule has 1 heterocycles. The lowest BCUT2D eigenvalue weighted by Crippen LogP contribution is -2.41. The van der Waals surface area contributed by atoms with Gasteiger partial charge in [-0.3, -0.25) is 4.99 Å². The fourth-order valence-corrected chi connectivity index (χ4v) is 3.93. The molecule has 26 heavy (non-hydrogen) atoms. The number of ether oxygens (including phenoxy) is 2. The number of hydrogen-bond acceptors (Lipinski definition) is 3. The maximum absolute atomic E-state index is 5.93. The lowest BCUT2D eigenvalue weighted by molar-refractivity contribution is -0.0320. The second-order valence-electron chi connectivity index (χ2n) is 8.11. The number of aliphatic imine (C=N–C) groups is 1. The molecule has 2 N–H and O–H groups in total. The highest BCUT2D eigenvalue weighted by atomic mass is 127. The highest BCUT2D eigenvalue weighted by Gasteiger charge is 2.37. The van der Waals surface area contributed by atoms with Crippen molar-refractivity contribution in [3.8, 4) is 0 Å². The molecule has 1 aliphatic heterocycles. The molecule has 0 aromatic heterocycles. The molecule has 0 radical (unpaired) electrons. The van der Waals surface area contributed by atoms with Gasteiger partial charge >= 0.3 is 0 Å². The van der Waals surface area contributed by atoms with Gasteiger partial charge in [0.2, 0.25) is 0 Å². The largest absolute Gasteiger partial charge is 0.381 e. The Labute approximate surface area is 177 Å². The van der Waals surface area contributed by atoms with Crippen LogP contribution in [0.15, 0.2) is 4.99 Å². The van der Waals surface area contributed by atoms with Crippen LogP contribution in [0.2, 0.25) is 0 Å². The lowest BCUT2D eigenvalue weighted by atomic mass is 9.64. The molecule has 1 saturated carbocycles. The SMILES string of the molecule is CCNC(=NCC1(CC(C)C)CCC1)NCCCOC1CCOCC1.I. The second-order valence-corrected chi connectivity index (χ2v) is 8.11. The number of nitrogens with one attached hydrogen (secondary N) is 2. The average Bonchev–Trinajstić information content (AvgIpc) is 2.57. The predicted molar refractivity (Wildman–Crippen MR) is 120 cm³/mol. The Hall–Kier alpha value is -0.0800. The van der Waals surface area contributed by atoms with Crippen molar-refractivity contribution in [2.75, 3.05) is 39.5 Å². The third-order valence-corrected chi connectivity index (χ3v) is 5.31. The molecule has 0 aromatic carbocycles. The van der Waals surface area contributed by atoms with Gasteiger partial charge in [0, 0.05) is 39.5 Å². The summed E-state index contributed by atoms with van der Waals surface area (Å²) in [5.41, 5.74) is 0.461. The summed E-state index contributed by atoms with van der Waals surface area (Å²) in [7, 11) is 0. The summed E-state index contributed by atoms with van der Waals surface area (Å²) in [5, 5.41) is 6.85. The first kappa shape index (κ1) is 24.0. The summed E-state index contributed by atoms with van der Waals surface area (Å²) >= 11 is 0. The summed E-state index contributed by atoms with van der Waals surface area (Å²) in [6.45, 7) is 12.0. The van der Waals surface area contributed by atoms with Gasteiger partial charge in [-0.05, 0) is 56.8 Å². The van der Waals surface area contributed by atoms with Crippen molar-refractivity contribution in [2.24, 2.45) is 16.3 Å². The molecule has 0 amide bonds. The summed E-state index contributed by atoms with van der Waals surface area (Å²) in [6, 6.07) is 0. The molecule has 0 aromatic rings. The molecule has 0 spiro atoms. The minimum absolute atomic E-state index is 0. The van der Waals surface area contributed by atoms with Crippen LogP contribution in [0.5, 0.6) is 0 Å². The van der Waals surface area contributed by atoms with Gasteiger partial charge in [-0.1, -0.05) is 20.3 Å². The topological polar surface area (TPSA) is 54.9 Å². The Balaban J connectivity index is 0.00000338. The van der Waals surface area contributed by atoms with E-state index in [0.29, 0.717) is 11.5 Å². The molecule has 1 saturated heterocycles. The first-order valence-corrected chi connectivity index (χ1v) is 10.3. The normalized spacial score (nSPS) is 20.4. The Morgan fingerprint density at radius 3 is 2.54 bits per heavy atom. The standard InChI is InChI=1S/C20H39N3O2.HI/c1-4-21-19(23-16-20(9-5-10-20)15-17(2)3)22-11-6-12-25-18-7-13-24-14-8-18;/h17-18H,4-16H2,1-3H3,(H2,21,22,23);1H. The van der Waals surface area contributed by atoms with Gasteiger partial charge < -0.3 is 20.1 Å². The van der Waals surface area contributed by atoms with Gasteiger partial charge in [-0.2, -0.15) is 0 Å². The van der Waals surface area contributed by atoms with Gasteiger partial charge in [0.25, 0.3) is 0 Å². The van der Waals surface area contributed by atoms with Crippen molar-refractivity contribution < 1.29 is 9.47 Å². The van der Waals surface area contributed by atoms with Gasteiger partial charge in [0.15, 0.2) is 5.96 Å². The Kier molecular flexibility index (Phi) is 12.1. The third kappa shape index (κ3) is 8.74. The van der Waals surface area contributed by atoms with E-state index in [-0.39, 0.29) is 24.0 Å². The molecule has 2 rings (SSSR count). The molecule has 1 aliphatic carbocycles. The van der Waals surface area contributed by atoms with E-state index in [2.05, 4.69) is 31.4 Å². The van der Waals surface area contributed by atoms with Crippen LogP contribution in [0.1, 0.15) is 65.7 Å². The van der Waals surface area contributed by atoms with Crippen LogP contribution in [0.4, 0.5) is 0 Å². The molecule has 6 heteroatoms. The van der Waals surface area contributed by atoms with Gasteiger partial charge in [-0.15, -0.1) is 24.0 Å². The van der Waals surface area contributed by atoms with Gasteiger partial charge in [0.1, 0.15) is 0 Å². The van der Waals surface area contributed by atoms with Crippen molar-refractivity contribution >= 4 is 29.9 Å². The summed E-state index contributed by atoms with van der Waals surface area (Å²) in [6.07, 6.45) is 8.83. The van der Waals surface area contributed by atoms with E-state index >= 15 is 0 Å². The summed E-state index contributed by atoms with van der Waals surface area (Å²) < 4.78 is 11.3. The van der Waals surface area contributed by atoms with Crippen LogP contribution in [0, 0.1) is 11.3 Å². The molecule has 154 valence electrons. The molecular weight excluding hydrogens is 441 g/mol. The van der Waals surface area contributed by atoms with Crippen LogP contribution in [0.25, 0.3) is 0 Å². The van der Waals surface area contributed by atoms with E-state index in [4.69, 9.17) is 14.5 Å². The van der Waals surface area contributed by atoms with Crippen molar-refractivity contribution in [3.63, 3.8) is 0 Å². The lowest BCUT2D eigenvalue weighted by Gasteiger charge is -2.42. The zero-order valence-corrected chi connectivity index (χ0v) is 19.3. The molecule has 2 fully saturated rings. The number of halogens is 1. The Morgan fingerprint density at radius 1 is 1.23 bits per heavy atom. The summed E-state index contributed by atoms with van der Waals surface area (Å²) in [4.78, 5) is 4.89. The van der Waals surface area contributed by atoms with Gasteiger partial charge in [-0.25, -0.2) is 0 Å². The molecule has 0 bridgehead atoms. The predicted octanol–water partition coefficient (Wildman–Crippen LogP) is 3.96. The van der Waals surface area contributed by atoms with Crippen molar-refractivity contribution in [1.29, 1.82) is 0 Å². The van der Waals surface area contributed by atoms with E-state index in [9.17, 15) is 0 Å². The van der Waals surface area contributed by atoms with E-state index < -0.39 is 0 Å². The number of nitrogens with zero attached hydrogens (tertiary/aromatic N) is 1. The first-order valence-electron chi connectivity index (χ1n) is 10.3. The van der Waals surface area contributed by atoms with E-state index in [1.807, 2.05) is 0 Å². The van der Waals surface area contributed by atoms with E-state index in [1.165, 1.54) is 25.7 Å². The minimum Gasteiger partial charge on any atom is -0.381 e. The fraction of sp³-hybridized carbons (Fsp3) is 0.950. The molecular formula is C20H40IN3O2.